The molecule has 0 bridgehead atoms. The Hall–Kier alpha value is -4.04. The van der Waals surface area contributed by atoms with Gasteiger partial charge in [-0.1, -0.05) is 77.3 Å². The lowest BCUT2D eigenvalue weighted by molar-refractivity contribution is -0.122. The zero-order valence-electron chi connectivity index (χ0n) is 20.3. The summed E-state index contributed by atoms with van der Waals surface area (Å²) in [6, 6.07) is 20.4. The van der Waals surface area contributed by atoms with Crippen molar-refractivity contribution in [3.63, 3.8) is 0 Å². The Kier molecular flexibility index (Phi) is 7.48. The molecule has 1 heterocycles. The smallest absolute Gasteiger partial charge is 0.335 e. The van der Waals surface area contributed by atoms with Gasteiger partial charge in [-0.3, -0.25) is 14.9 Å². The van der Waals surface area contributed by atoms with Crippen LogP contribution in [0.5, 0.6) is 11.5 Å². The Bertz CT molecular complexity index is 1680. The molecule has 4 amide bonds. The maximum Gasteiger partial charge on any atom is 0.335 e. The van der Waals surface area contributed by atoms with Crippen molar-refractivity contribution in [1.29, 1.82) is 0 Å². The number of hydrogen-bond donors (Lipinski definition) is 1. The molecule has 7 nitrogen and oxygen atoms in total. The van der Waals surface area contributed by atoms with Crippen LogP contribution < -0.4 is 19.7 Å². The minimum Gasteiger partial charge on any atom is -0.493 e. The predicted molar refractivity (Wildman–Crippen MR) is 152 cm³/mol. The number of amides is 4. The molecular formula is C29H19Cl3N2O5. The summed E-state index contributed by atoms with van der Waals surface area (Å²) in [6.07, 6.45) is 1.32. The molecule has 1 fully saturated rings. The van der Waals surface area contributed by atoms with Gasteiger partial charge in [-0.05, 0) is 58.3 Å². The lowest BCUT2D eigenvalue weighted by atomic mass is 10.1. The van der Waals surface area contributed by atoms with Crippen molar-refractivity contribution in [1.82, 2.24) is 5.32 Å². The number of benzene rings is 4. The first-order valence-electron chi connectivity index (χ1n) is 11.6. The second kappa shape index (κ2) is 11.0. The standard InChI is InChI=1S/C29H19Cl3N2O5/c1-38-25-13-16(12-24(32)26(25)39-15-18-7-4-6-17-5-2-3-8-20(17)18)11-21-27(35)33-29(37)34(28(21)36)19-9-10-22(30)23(31)14-19/h2-14H,15H2,1H3,(H,33,35,37)/b21-11+. The van der Waals surface area contributed by atoms with Gasteiger partial charge in [-0.25, -0.2) is 9.69 Å². The number of fused-ring (bicyclic) bond motifs is 1. The van der Waals surface area contributed by atoms with Gasteiger partial charge in [0.15, 0.2) is 11.5 Å². The molecule has 1 saturated heterocycles. The summed E-state index contributed by atoms with van der Waals surface area (Å²) in [5.41, 5.74) is 1.21. The molecular weight excluding hydrogens is 563 g/mol. The van der Waals surface area contributed by atoms with Crippen LogP contribution in [-0.4, -0.2) is 25.0 Å². The van der Waals surface area contributed by atoms with E-state index in [4.69, 9.17) is 44.3 Å². The van der Waals surface area contributed by atoms with Crippen molar-refractivity contribution in [3.8, 4) is 11.5 Å². The van der Waals surface area contributed by atoms with Crippen LogP contribution in [0.2, 0.25) is 15.1 Å². The number of barbiturate groups is 1. The summed E-state index contributed by atoms with van der Waals surface area (Å²) in [4.78, 5) is 39.1. The predicted octanol–water partition coefficient (Wildman–Crippen LogP) is 7.05. The lowest BCUT2D eigenvalue weighted by Crippen LogP contribution is -2.54. The van der Waals surface area contributed by atoms with Gasteiger partial charge in [0.05, 0.1) is 27.9 Å². The number of carbonyl (C=O) groups excluding carboxylic acids is 3. The first-order chi connectivity index (χ1) is 18.8. The van der Waals surface area contributed by atoms with Crippen molar-refractivity contribution >= 4 is 75.2 Å². The van der Waals surface area contributed by atoms with Gasteiger partial charge in [0.25, 0.3) is 11.8 Å². The second-order valence-corrected chi connectivity index (χ2v) is 9.74. The van der Waals surface area contributed by atoms with Gasteiger partial charge < -0.3 is 9.47 Å². The number of hydrogen-bond acceptors (Lipinski definition) is 5. The Morgan fingerprint density at radius 3 is 2.41 bits per heavy atom. The minimum atomic E-state index is -0.909. The maximum atomic E-state index is 13.2. The molecule has 0 atom stereocenters. The van der Waals surface area contributed by atoms with Gasteiger partial charge in [-0.2, -0.15) is 0 Å². The van der Waals surface area contributed by atoms with E-state index in [2.05, 4.69) is 5.32 Å². The van der Waals surface area contributed by atoms with Crippen molar-refractivity contribution in [3.05, 3.63) is 105 Å². The van der Waals surface area contributed by atoms with Crippen molar-refractivity contribution in [2.24, 2.45) is 0 Å². The van der Waals surface area contributed by atoms with E-state index in [0.29, 0.717) is 17.1 Å². The number of halogens is 3. The average Bonchev–Trinajstić information content (AvgIpc) is 2.92. The summed E-state index contributed by atoms with van der Waals surface area (Å²) < 4.78 is 11.6. The first kappa shape index (κ1) is 26.6. The zero-order valence-corrected chi connectivity index (χ0v) is 22.6. The molecule has 1 aliphatic rings. The number of ether oxygens (including phenoxy) is 2. The molecule has 0 saturated carbocycles. The summed E-state index contributed by atoms with van der Waals surface area (Å²) in [5.74, 6) is -1.09. The Balaban J connectivity index is 1.45. The topological polar surface area (TPSA) is 84.9 Å². The molecule has 4 aromatic carbocycles. The summed E-state index contributed by atoms with van der Waals surface area (Å²) in [7, 11) is 1.45. The van der Waals surface area contributed by atoms with E-state index >= 15 is 0 Å². The van der Waals surface area contributed by atoms with Crippen molar-refractivity contribution in [2.75, 3.05) is 12.0 Å². The largest absolute Gasteiger partial charge is 0.493 e. The van der Waals surface area contributed by atoms with Gasteiger partial charge >= 0.3 is 6.03 Å². The average molecular weight is 582 g/mol. The van der Waals surface area contributed by atoms with E-state index in [9.17, 15) is 14.4 Å². The highest BCUT2D eigenvalue weighted by atomic mass is 35.5. The number of carbonyl (C=O) groups is 3. The fourth-order valence-corrected chi connectivity index (χ4v) is 4.78. The van der Waals surface area contributed by atoms with Crippen molar-refractivity contribution in [2.45, 2.75) is 6.61 Å². The van der Waals surface area contributed by atoms with Crippen LogP contribution in [0.3, 0.4) is 0 Å². The Morgan fingerprint density at radius 1 is 0.872 bits per heavy atom. The van der Waals surface area contributed by atoms with Crippen LogP contribution in [-0.2, 0) is 16.2 Å². The minimum absolute atomic E-state index is 0.146. The number of rotatable bonds is 6. The number of nitrogens with one attached hydrogen (secondary N) is 1. The number of urea groups is 1. The SMILES string of the molecule is COc1cc(/C=C2\C(=O)NC(=O)N(c3ccc(Cl)c(Cl)c3)C2=O)cc(Cl)c1OCc1cccc2ccccc12. The van der Waals surface area contributed by atoms with E-state index in [1.807, 2.05) is 42.5 Å². The third kappa shape index (κ3) is 5.29. The van der Waals surface area contributed by atoms with Crippen LogP contribution >= 0.6 is 34.8 Å². The number of imide groups is 2. The molecule has 0 aliphatic carbocycles. The van der Waals surface area contributed by atoms with Crippen LogP contribution in [0, 0.1) is 0 Å². The Morgan fingerprint density at radius 2 is 1.64 bits per heavy atom. The molecule has 0 aromatic heterocycles. The summed E-state index contributed by atoms with van der Waals surface area (Å²) in [6.45, 7) is 0.236. The highest BCUT2D eigenvalue weighted by Gasteiger charge is 2.37. The first-order valence-corrected chi connectivity index (χ1v) is 12.7. The van der Waals surface area contributed by atoms with Gasteiger partial charge in [-0.15, -0.1) is 0 Å². The van der Waals surface area contributed by atoms with Crippen LogP contribution in [0.15, 0.2) is 78.4 Å². The summed E-state index contributed by atoms with van der Waals surface area (Å²) in [5, 5.41) is 4.91. The molecule has 10 heteroatoms. The molecule has 4 aromatic rings. The van der Waals surface area contributed by atoms with Gasteiger partial charge in [0.2, 0.25) is 0 Å². The van der Waals surface area contributed by atoms with E-state index < -0.39 is 17.8 Å². The molecule has 0 spiro atoms. The quantitative estimate of drug-likeness (QED) is 0.195. The number of anilines is 1. The van der Waals surface area contributed by atoms with Crippen LogP contribution in [0.25, 0.3) is 16.8 Å². The van der Waals surface area contributed by atoms with E-state index in [1.54, 1.807) is 6.07 Å². The zero-order chi connectivity index (χ0) is 27.7. The molecule has 39 heavy (non-hydrogen) atoms. The second-order valence-electron chi connectivity index (χ2n) is 8.52. The highest BCUT2D eigenvalue weighted by Crippen LogP contribution is 2.38. The molecule has 1 N–H and O–H groups in total. The van der Waals surface area contributed by atoms with E-state index in [0.717, 1.165) is 21.2 Å². The number of nitrogens with zero attached hydrogens (tertiary/aromatic N) is 1. The monoisotopic (exact) mass is 580 g/mol. The third-order valence-electron chi connectivity index (χ3n) is 6.08. The fourth-order valence-electron chi connectivity index (χ4n) is 4.21. The normalized spacial score (nSPS) is 14.6. The van der Waals surface area contributed by atoms with Crippen LogP contribution in [0.1, 0.15) is 11.1 Å². The van der Waals surface area contributed by atoms with E-state index in [1.165, 1.54) is 37.5 Å². The molecule has 196 valence electrons. The number of methoxy groups -OCH3 is 1. The summed E-state index contributed by atoms with van der Waals surface area (Å²) >= 11 is 18.6. The molecule has 0 radical (unpaired) electrons. The van der Waals surface area contributed by atoms with Crippen molar-refractivity contribution < 1.29 is 23.9 Å². The lowest BCUT2D eigenvalue weighted by Gasteiger charge is -2.26. The van der Waals surface area contributed by atoms with Gasteiger partial charge in [0, 0.05) is 0 Å². The molecule has 0 unspecified atom stereocenters. The van der Waals surface area contributed by atoms with Crippen LogP contribution in [0.4, 0.5) is 10.5 Å². The van der Waals surface area contributed by atoms with Gasteiger partial charge in [0.1, 0.15) is 12.2 Å². The molecule has 1 aliphatic heterocycles. The molecule has 5 rings (SSSR count). The maximum absolute atomic E-state index is 13.2. The fraction of sp³-hybridized carbons (Fsp3) is 0.0690. The third-order valence-corrected chi connectivity index (χ3v) is 7.10. The highest BCUT2D eigenvalue weighted by molar-refractivity contribution is 6.43. The Labute approximate surface area is 238 Å². The van der Waals surface area contributed by atoms with E-state index in [-0.39, 0.29) is 32.9 Å².